The van der Waals surface area contributed by atoms with Crippen LogP contribution in [0.1, 0.15) is 12.6 Å². The zero-order chi connectivity index (χ0) is 15.4. The van der Waals surface area contributed by atoms with Gasteiger partial charge in [0.25, 0.3) is 0 Å². The number of hydrogen-bond acceptors (Lipinski definition) is 2. The van der Waals surface area contributed by atoms with Gasteiger partial charge in [0.2, 0.25) is 0 Å². The summed E-state index contributed by atoms with van der Waals surface area (Å²) in [6.45, 7) is 2.31. The molecule has 110 valence electrons. The summed E-state index contributed by atoms with van der Waals surface area (Å²) in [6, 6.07) is 15.7. The fraction of sp³-hybridized carbons (Fsp3) is 0.118. The Labute approximate surface area is 135 Å². The first-order chi connectivity index (χ1) is 10.7. The molecule has 0 unspecified atom stereocenters. The normalized spacial score (nSPS) is 10.4. The van der Waals surface area contributed by atoms with Crippen molar-refractivity contribution in [2.45, 2.75) is 13.5 Å². The van der Waals surface area contributed by atoms with Crippen molar-refractivity contribution in [3.05, 3.63) is 71.6 Å². The fourth-order valence-electron chi connectivity index (χ4n) is 2.20. The monoisotopic (exact) mass is 358 g/mol. The second kappa shape index (κ2) is 6.69. The first kappa shape index (κ1) is 14.7. The molecule has 0 saturated carbocycles. The van der Waals surface area contributed by atoms with Gasteiger partial charge >= 0.3 is 135 Å². The van der Waals surface area contributed by atoms with Gasteiger partial charge < -0.3 is 0 Å². The van der Waals surface area contributed by atoms with Gasteiger partial charge in [0.15, 0.2) is 0 Å². The molecule has 22 heavy (non-hydrogen) atoms. The van der Waals surface area contributed by atoms with Crippen LogP contribution in [0.4, 0.5) is 10.4 Å². The molecule has 0 N–H and O–H groups in total. The van der Waals surface area contributed by atoms with Crippen molar-refractivity contribution in [3.63, 3.8) is 0 Å². The van der Waals surface area contributed by atoms with Gasteiger partial charge in [0, 0.05) is 0 Å². The van der Waals surface area contributed by atoms with E-state index in [1.807, 2.05) is 60.9 Å². The summed E-state index contributed by atoms with van der Waals surface area (Å²) >= 11 is 0.0756. The maximum absolute atomic E-state index is 12.0. The molecule has 0 bridgehead atoms. The van der Waals surface area contributed by atoms with E-state index in [4.69, 9.17) is 0 Å². The Kier molecular flexibility index (Phi) is 4.47. The Bertz CT molecular complexity index is 756. The molecule has 1 amide bonds. The Balaban J connectivity index is 1.86. The number of rotatable bonds is 4. The van der Waals surface area contributed by atoms with E-state index in [2.05, 4.69) is 14.5 Å². The molecule has 0 spiro atoms. The zero-order valence-corrected chi connectivity index (χ0v) is 13.9. The Morgan fingerprint density at radius 1 is 1.14 bits per heavy atom. The summed E-state index contributed by atoms with van der Waals surface area (Å²) in [7, 11) is 0. The SMILES string of the molecule is CC(=O)N(c1ccccc1)c1nc(C[n+]2ccccc2)c[se]1. The molecule has 0 aliphatic rings. The Morgan fingerprint density at radius 2 is 1.82 bits per heavy atom. The summed E-state index contributed by atoms with van der Waals surface area (Å²) < 4.78 is 2.92. The van der Waals surface area contributed by atoms with Crippen LogP contribution in [-0.2, 0) is 11.3 Å². The van der Waals surface area contributed by atoms with Crippen LogP contribution in [0.25, 0.3) is 0 Å². The van der Waals surface area contributed by atoms with Crippen molar-refractivity contribution in [3.8, 4) is 0 Å². The van der Waals surface area contributed by atoms with Gasteiger partial charge in [-0.05, 0) is 0 Å². The molecule has 0 fully saturated rings. The molecular weight excluding hydrogens is 341 g/mol. The van der Waals surface area contributed by atoms with Gasteiger partial charge in [-0.15, -0.1) is 0 Å². The van der Waals surface area contributed by atoms with Gasteiger partial charge in [-0.25, -0.2) is 0 Å². The number of carbonyl (C=O) groups is 1. The number of benzene rings is 1. The predicted octanol–water partition coefficient (Wildman–Crippen LogP) is 2.16. The summed E-state index contributed by atoms with van der Waals surface area (Å²) in [6.07, 6.45) is 4.03. The van der Waals surface area contributed by atoms with Crippen molar-refractivity contribution >= 4 is 30.8 Å². The third-order valence-corrected chi connectivity index (χ3v) is 5.02. The average Bonchev–Trinajstić information content (AvgIpc) is 2.97. The summed E-state index contributed by atoms with van der Waals surface area (Å²) in [4.78, 5) is 20.5. The Hall–Kier alpha value is -2.23. The average molecular weight is 357 g/mol. The van der Waals surface area contributed by atoms with Gasteiger partial charge in [0.05, 0.1) is 0 Å². The maximum atomic E-state index is 12.0. The molecule has 5 heteroatoms. The van der Waals surface area contributed by atoms with Crippen LogP contribution in [0, 0.1) is 0 Å². The van der Waals surface area contributed by atoms with Gasteiger partial charge in [-0.3, -0.25) is 0 Å². The molecule has 3 rings (SSSR count). The van der Waals surface area contributed by atoms with E-state index >= 15 is 0 Å². The number of nitrogens with zero attached hydrogens (tertiary/aromatic N) is 3. The van der Waals surface area contributed by atoms with E-state index in [9.17, 15) is 4.79 Å². The third-order valence-electron chi connectivity index (χ3n) is 3.18. The zero-order valence-electron chi connectivity index (χ0n) is 12.2. The standard InChI is InChI=1S/C17H16N3OSe/c1-14(21)20(16-8-4-2-5-9-16)17-18-15(13-22-17)12-19-10-6-3-7-11-19/h2-11,13H,12H2,1H3/q+1. The number of carbonyl (C=O) groups excluding carboxylic acids is 1. The first-order valence-electron chi connectivity index (χ1n) is 6.98. The number of anilines is 2. The molecule has 0 saturated heterocycles. The van der Waals surface area contributed by atoms with Crippen LogP contribution < -0.4 is 9.47 Å². The van der Waals surface area contributed by atoms with Crippen LogP contribution in [0.3, 0.4) is 0 Å². The summed E-state index contributed by atoms with van der Waals surface area (Å²) in [5, 5.41) is 0. The molecule has 0 aliphatic heterocycles. The van der Waals surface area contributed by atoms with Crippen molar-refractivity contribution < 1.29 is 9.36 Å². The van der Waals surface area contributed by atoms with Crippen molar-refractivity contribution in [1.29, 1.82) is 0 Å². The van der Waals surface area contributed by atoms with Crippen LogP contribution in [0.2, 0.25) is 0 Å². The second-order valence-corrected chi connectivity index (χ2v) is 6.61. The quantitative estimate of drug-likeness (QED) is 0.530. The van der Waals surface area contributed by atoms with Crippen LogP contribution in [0.15, 0.2) is 65.9 Å². The van der Waals surface area contributed by atoms with Gasteiger partial charge in [-0.1, -0.05) is 0 Å². The molecule has 4 nitrogen and oxygen atoms in total. The predicted molar refractivity (Wildman–Crippen MR) is 86.2 cm³/mol. The molecule has 0 aliphatic carbocycles. The van der Waals surface area contributed by atoms with Gasteiger partial charge in [0.1, 0.15) is 0 Å². The van der Waals surface area contributed by atoms with E-state index in [1.54, 1.807) is 11.8 Å². The molecule has 0 radical (unpaired) electrons. The molecule has 1 aromatic carbocycles. The van der Waals surface area contributed by atoms with Crippen LogP contribution in [-0.4, -0.2) is 25.4 Å². The van der Waals surface area contributed by atoms with E-state index < -0.39 is 0 Å². The van der Waals surface area contributed by atoms with Crippen LogP contribution in [0.5, 0.6) is 0 Å². The summed E-state index contributed by atoms with van der Waals surface area (Å²) in [5.74, 6) is -0.00570. The van der Waals surface area contributed by atoms with Crippen molar-refractivity contribution in [2.75, 3.05) is 4.90 Å². The van der Waals surface area contributed by atoms with Crippen molar-refractivity contribution in [1.82, 2.24) is 4.98 Å². The molecule has 3 aromatic rings. The van der Waals surface area contributed by atoms with Crippen LogP contribution >= 0.6 is 0 Å². The third kappa shape index (κ3) is 3.32. The van der Waals surface area contributed by atoms with E-state index in [0.717, 1.165) is 22.6 Å². The summed E-state index contributed by atoms with van der Waals surface area (Å²) in [5.41, 5.74) is 1.88. The number of pyridine rings is 1. The van der Waals surface area contributed by atoms with Gasteiger partial charge in [-0.2, -0.15) is 0 Å². The Morgan fingerprint density at radius 3 is 2.50 bits per heavy atom. The van der Waals surface area contributed by atoms with E-state index in [-0.39, 0.29) is 20.4 Å². The molecule has 0 atom stereocenters. The second-order valence-electron chi connectivity index (χ2n) is 4.86. The first-order valence-corrected chi connectivity index (χ1v) is 8.83. The number of para-hydroxylation sites is 1. The number of amides is 1. The van der Waals surface area contributed by atoms with Crippen molar-refractivity contribution in [2.24, 2.45) is 0 Å². The van der Waals surface area contributed by atoms with E-state index in [0.29, 0.717) is 0 Å². The number of aromatic nitrogens is 2. The molecule has 2 heterocycles. The topological polar surface area (TPSA) is 37.1 Å². The van der Waals surface area contributed by atoms with E-state index in [1.165, 1.54) is 0 Å². The fourth-order valence-corrected chi connectivity index (χ4v) is 4.04. The minimum atomic E-state index is -0.00570. The minimum absolute atomic E-state index is 0.00570. The molecule has 2 aromatic heterocycles. The number of hydrogen-bond donors (Lipinski definition) is 0. The molecular formula is C17H16N3OSe+.